The zero-order chi connectivity index (χ0) is 24.2. The first kappa shape index (κ1) is 22.6. The van der Waals surface area contributed by atoms with Gasteiger partial charge in [-0.15, -0.1) is 0 Å². The lowest BCUT2D eigenvalue weighted by molar-refractivity contribution is 0.0470. The number of benzene rings is 2. The van der Waals surface area contributed by atoms with Crippen LogP contribution in [0.1, 0.15) is 79.0 Å². The highest BCUT2D eigenvalue weighted by atomic mass is 19.1. The van der Waals surface area contributed by atoms with E-state index in [0.29, 0.717) is 25.3 Å². The lowest BCUT2D eigenvalue weighted by atomic mass is 9.88. The maximum Gasteiger partial charge on any atom is 0.332 e. The summed E-state index contributed by atoms with van der Waals surface area (Å²) in [5.74, 6) is -0.192. The quantitative estimate of drug-likeness (QED) is 0.494. The maximum absolute atomic E-state index is 15.0. The number of carbonyl (C=O) groups is 1. The molecule has 1 amide bonds. The molecule has 1 saturated carbocycles. The minimum atomic E-state index is -0.540. The van der Waals surface area contributed by atoms with Gasteiger partial charge in [0, 0.05) is 30.5 Å². The number of hydrogen-bond acceptors (Lipinski definition) is 2. The minimum Gasteiger partial charge on any atom is -0.333 e. The van der Waals surface area contributed by atoms with Crippen molar-refractivity contribution >= 4 is 5.91 Å². The molecule has 5 nitrogen and oxygen atoms in total. The molecule has 0 radical (unpaired) electrons. The zero-order valence-corrected chi connectivity index (χ0v) is 20.3. The average Bonchev–Trinajstić information content (AvgIpc) is 3.56. The zero-order valence-electron chi connectivity index (χ0n) is 20.3. The molecule has 0 bridgehead atoms. The number of hydrogen-bond donors (Lipinski definition) is 0. The van der Waals surface area contributed by atoms with E-state index in [0.717, 1.165) is 35.2 Å². The van der Waals surface area contributed by atoms with E-state index in [9.17, 15) is 9.59 Å². The van der Waals surface area contributed by atoms with E-state index in [2.05, 4.69) is 0 Å². The van der Waals surface area contributed by atoms with Crippen LogP contribution in [0.5, 0.6) is 0 Å². The molecule has 1 aliphatic carbocycles. The van der Waals surface area contributed by atoms with Crippen molar-refractivity contribution in [1.82, 2.24) is 14.0 Å². The second-order valence-corrected chi connectivity index (χ2v) is 10.6. The van der Waals surface area contributed by atoms with Gasteiger partial charge < -0.3 is 4.90 Å². The lowest BCUT2D eigenvalue weighted by Crippen LogP contribution is -2.52. The van der Waals surface area contributed by atoms with Crippen LogP contribution in [-0.4, -0.2) is 32.0 Å². The van der Waals surface area contributed by atoms with Crippen molar-refractivity contribution in [2.45, 2.75) is 70.9 Å². The third-order valence-electron chi connectivity index (χ3n) is 7.42. The molecule has 0 spiro atoms. The first-order chi connectivity index (χ1) is 16.2. The first-order valence-corrected chi connectivity index (χ1v) is 12.2. The van der Waals surface area contributed by atoms with E-state index in [-0.39, 0.29) is 23.2 Å². The number of fused-ring (bicyclic) bond motifs is 1. The molecule has 2 heterocycles. The second-order valence-electron chi connectivity index (χ2n) is 10.6. The van der Waals surface area contributed by atoms with E-state index in [1.165, 1.54) is 0 Å². The first-order valence-electron chi connectivity index (χ1n) is 12.2. The number of nitrogens with zero attached hydrogens (tertiary/aromatic N) is 3. The summed E-state index contributed by atoms with van der Waals surface area (Å²) in [7, 11) is 0. The van der Waals surface area contributed by atoms with Crippen LogP contribution in [0, 0.1) is 12.7 Å². The minimum absolute atomic E-state index is 0.110. The highest BCUT2D eigenvalue weighted by molar-refractivity contribution is 5.97. The number of halogens is 1. The van der Waals surface area contributed by atoms with Gasteiger partial charge in [0.25, 0.3) is 5.91 Å². The van der Waals surface area contributed by atoms with Gasteiger partial charge in [-0.2, -0.15) is 0 Å². The van der Waals surface area contributed by atoms with Gasteiger partial charge in [0.1, 0.15) is 5.82 Å². The smallest absolute Gasteiger partial charge is 0.332 e. The standard InChI is InChI=1S/C28H32FN3O2/c1-18-5-9-23(10-6-18)31-14-13-30(27(31)34)19(2)17-28(3,4)32-12-11-21-15-22(20-7-8-20)16-24(29)25(21)26(32)33/h5-6,9-10,13-16,19-20H,7-8,11-12,17H2,1-4H3. The van der Waals surface area contributed by atoms with Gasteiger partial charge in [0.15, 0.2) is 0 Å². The third-order valence-corrected chi connectivity index (χ3v) is 7.42. The Hall–Kier alpha value is -3.15. The van der Waals surface area contributed by atoms with Crippen LogP contribution in [0.2, 0.25) is 0 Å². The van der Waals surface area contributed by atoms with Crippen LogP contribution < -0.4 is 5.69 Å². The second kappa shape index (κ2) is 8.26. The van der Waals surface area contributed by atoms with Crippen molar-refractivity contribution < 1.29 is 9.18 Å². The Kier molecular flexibility index (Phi) is 5.50. The summed E-state index contributed by atoms with van der Waals surface area (Å²) in [6, 6.07) is 11.3. The molecule has 5 rings (SSSR count). The number of imidazole rings is 1. The summed E-state index contributed by atoms with van der Waals surface area (Å²) in [5.41, 5.74) is 3.40. The van der Waals surface area contributed by atoms with Gasteiger partial charge in [-0.3, -0.25) is 13.9 Å². The molecular formula is C28H32FN3O2. The molecule has 2 aliphatic rings. The fraction of sp³-hybridized carbons (Fsp3) is 0.429. The molecule has 1 fully saturated rings. The highest BCUT2D eigenvalue weighted by Gasteiger charge is 2.39. The van der Waals surface area contributed by atoms with Gasteiger partial charge in [-0.05, 0) is 88.6 Å². The Morgan fingerprint density at radius 1 is 1.09 bits per heavy atom. The molecule has 1 unspecified atom stereocenters. The monoisotopic (exact) mass is 461 g/mol. The van der Waals surface area contributed by atoms with Crippen molar-refractivity contribution in [2.75, 3.05) is 6.54 Å². The van der Waals surface area contributed by atoms with Gasteiger partial charge in [-0.25, -0.2) is 9.18 Å². The Morgan fingerprint density at radius 2 is 1.79 bits per heavy atom. The van der Waals surface area contributed by atoms with Gasteiger partial charge >= 0.3 is 5.69 Å². The summed E-state index contributed by atoms with van der Waals surface area (Å²) >= 11 is 0. The van der Waals surface area contributed by atoms with E-state index >= 15 is 4.39 Å². The van der Waals surface area contributed by atoms with Crippen LogP contribution in [0.3, 0.4) is 0 Å². The van der Waals surface area contributed by atoms with Gasteiger partial charge in [0.2, 0.25) is 0 Å². The summed E-state index contributed by atoms with van der Waals surface area (Å²) in [6.45, 7) is 8.57. The number of aryl methyl sites for hydroxylation is 1. The van der Waals surface area contributed by atoms with Gasteiger partial charge in [-0.1, -0.05) is 23.8 Å². The van der Waals surface area contributed by atoms with Crippen LogP contribution >= 0.6 is 0 Å². The van der Waals surface area contributed by atoms with Crippen molar-refractivity contribution in [1.29, 1.82) is 0 Å². The molecule has 34 heavy (non-hydrogen) atoms. The molecule has 178 valence electrons. The Labute approximate surface area is 199 Å². The molecule has 2 aromatic carbocycles. The summed E-state index contributed by atoms with van der Waals surface area (Å²) in [4.78, 5) is 28.3. The number of amides is 1. The lowest BCUT2D eigenvalue weighted by Gasteiger charge is -2.43. The summed E-state index contributed by atoms with van der Waals surface area (Å²) in [5, 5.41) is 0. The summed E-state index contributed by atoms with van der Waals surface area (Å²) in [6.07, 6.45) is 7.02. The predicted molar refractivity (Wildman–Crippen MR) is 131 cm³/mol. The summed E-state index contributed by atoms with van der Waals surface area (Å²) < 4.78 is 18.4. The number of carbonyl (C=O) groups excluding carboxylic acids is 1. The Balaban J connectivity index is 1.36. The molecule has 1 aromatic heterocycles. The Morgan fingerprint density at radius 3 is 2.47 bits per heavy atom. The van der Waals surface area contributed by atoms with Crippen molar-refractivity contribution in [3.05, 3.63) is 87.3 Å². The van der Waals surface area contributed by atoms with Crippen LogP contribution in [0.25, 0.3) is 5.69 Å². The molecule has 0 saturated heterocycles. The van der Waals surface area contributed by atoms with Crippen LogP contribution in [0.15, 0.2) is 53.6 Å². The molecule has 1 atom stereocenters. The number of aromatic nitrogens is 2. The van der Waals surface area contributed by atoms with Crippen molar-refractivity contribution in [3.63, 3.8) is 0 Å². The predicted octanol–water partition coefficient (Wildman–Crippen LogP) is 5.39. The fourth-order valence-electron chi connectivity index (χ4n) is 5.38. The largest absolute Gasteiger partial charge is 0.333 e. The third kappa shape index (κ3) is 3.99. The molecular weight excluding hydrogens is 429 g/mol. The molecule has 1 aliphatic heterocycles. The molecule has 6 heteroatoms. The average molecular weight is 462 g/mol. The highest BCUT2D eigenvalue weighted by Crippen LogP contribution is 2.42. The van der Waals surface area contributed by atoms with Crippen LogP contribution in [0.4, 0.5) is 4.39 Å². The topological polar surface area (TPSA) is 47.2 Å². The number of rotatable bonds is 6. The van der Waals surface area contributed by atoms with Crippen LogP contribution in [-0.2, 0) is 6.42 Å². The molecule has 3 aromatic rings. The van der Waals surface area contributed by atoms with E-state index in [1.807, 2.05) is 58.0 Å². The Bertz CT molecular complexity index is 1300. The van der Waals surface area contributed by atoms with Gasteiger partial charge in [0.05, 0.1) is 11.3 Å². The van der Waals surface area contributed by atoms with Crippen molar-refractivity contribution in [2.24, 2.45) is 0 Å². The normalized spacial score (nSPS) is 17.1. The SMILES string of the molecule is Cc1ccc(-n2ccn(C(C)CC(C)(C)N3CCc4cc(C5CC5)cc(F)c4C3=O)c2=O)cc1. The van der Waals surface area contributed by atoms with E-state index in [1.54, 1.807) is 32.5 Å². The van der Waals surface area contributed by atoms with Crippen molar-refractivity contribution in [3.8, 4) is 5.69 Å². The van der Waals surface area contributed by atoms with E-state index < -0.39 is 11.4 Å². The maximum atomic E-state index is 15.0. The van der Waals surface area contributed by atoms with E-state index in [4.69, 9.17) is 0 Å². The molecule has 0 N–H and O–H groups in total. The fourth-order valence-corrected chi connectivity index (χ4v) is 5.38.